The maximum Gasteiger partial charge on any atom is 0.339 e. The molecule has 0 aliphatic carbocycles. The fourth-order valence-electron chi connectivity index (χ4n) is 2.44. The van der Waals surface area contributed by atoms with E-state index in [1.54, 1.807) is 6.92 Å². The van der Waals surface area contributed by atoms with Crippen molar-refractivity contribution in [2.75, 3.05) is 11.9 Å². The van der Waals surface area contributed by atoms with Gasteiger partial charge in [0.15, 0.2) is 0 Å². The summed E-state index contributed by atoms with van der Waals surface area (Å²) in [5.41, 5.74) is 2.40. The van der Waals surface area contributed by atoms with Crippen LogP contribution in [0.25, 0.3) is 0 Å². The van der Waals surface area contributed by atoms with Crippen LogP contribution in [0.3, 0.4) is 0 Å². The number of hydrogen-bond donors (Lipinski definition) is 2. The first-order valence-corrected chi connectivity index (χ1v) is 7.44. The summed E-state index contributed by atoms with van der Waals surface area (Å²) in [5.74, 6) is -0.329. The molecule has 0 saturated heterocycles. The molecule has 20 heavy (non-hydrogen) atoms. The van der Waals surface area contributed by atoms with E-state index in [-0.39, 0.29) is 0 Å². The van der Waals surface area contributed by atoms with Crippen molar-refractivity contribution in [1.29, 1.82) is 0 Å². The fourth-order valence-corrected chi connectivity index (χ4v) is 2.44. The topological polar surface area (TPSA) is 62.2 Å². The predicted octanol–water partition coefficient (Wildman–Crippen LogP) is 4.02. The molecule has 0 radical (unpaired) electrons. The van der Waals surface area contributed by atoms with Gasteiger partial charge in [0.2, 0.25) is 0 Å². The molecule has 0 saturated carbocycles. The predicted molar refractivity (Wildman–Crippen MR) is 82.5 cm³/mol. The Kier molecular flexibility index (Phi) is 6.49. The summed E-state index contributed by atoms with van der Waals surface area (Å²) in [6.45, 7) is 8.83. The van der Waals surface area contributed by atoms with Crippen molar-refractivity contribution < 1.29 is 9.90 Å². The van der Waals surface area contributed by atoms with Crippen molar-refractivity contribution in [3.05, 3.63) is 23.0 Å². The van der Waals surface area contributed by atoms with Crippen molar-refractivity contribution in [2.24, 2.45) is 5.92 Å². The molecule has 4 nitrogen and oxygen atoms in total. The summed E-state index contributed by atoms with van der Waals surface area (Å²) in [6.07, 6.45) is 4.72. The number of pyridine rings is 1. The lowest BCUT2D eigenvalue weighted by atomic mass is 9.99. The van der Waals surface area contributed by atoms with Gasteiger partial charge in [-0.3, -0.25) is 4.98 Å². The summed E-state index contributed by atoms with van der Waals surface area (Å²) in [7, 11) is 0. The highest BCUT2D eigenvalue weighted by Gasteiger charge is 2.16. The second-order valence-corrected chi connectivity index (χ2v) is 5.37. The van der Waals surface area contributed by atoms with Gasteiger partial charge >= 0.3 is 5.97 Å². The number of carboxylic acid groups (broad SMARTS) is 1. The van der Waals surface area contributed by atoms with E-state index < -0.39 is 5.97 Å². The summed E-state index contributed by atoms with van der Waals surface area (Å²) in [5, 5.41) is 12.6. The average molecular weight is 278 g/mol. The van der Waals surface area contributed by atoms with Crippen molar-refractivity contribution >= 4 is 11.7 Å². The van der Waals surface area contributed by atoms with Gasteiger partial charge in [0.25, 0.3) is 0 Å². The van der Waals surface area contributed by atoms with E-state index in [1.165, 1.54) is 19.3 Å². The zero-order valence-electron chi connectivity index (χ0n) is 13.0. The monoisotopic (exact) mass is 278 g/mol. The van der Waals surface area contributed by atoms with Crippen LogP contribution in [0, 0.1) is 19.8 Å². The molecule has 1 rings (SSSR count). The van der Waals surface area contributed by atoms with Crippen molar-refractivity contribution in [1.82, 2.24) is 4.98 Å². The summed E-state index contributed by atoms with van der Waals surface area (Å²) in [4.78, 5) is 15.6. The number of anilines is 1. The van der Waals surface area contributed by atoms with Crippen LogP contribution < -0.4 is 5.32 Å². The van der Waals surface area contributed by atoms with Crippen LogP contribution in [0.15, 0.2) is 6.07 Å². The second-order valence-electron chi connectivity index (χ2n) is 5.37. The standard InChI is InChI=1S/C16H26N2O2/c1-5-7-8-13(6-2)10-17-14-9-11(3)18-12(4)15(14)16(19)20/h9,13H,5-8,10H2,1-4H3,(H,17,18)(H,19,20). The van der Waals surface area contributed by atoms with Crippen LogP contribution in [0.1, 0.15) is 61.3 Å². The Morgan fingerprint density at radius 3 is 2.65 bits per heavy atom. The van der Waals surface area contributed by atoms with Crippen LogP contribution in [-0.4, -0.2) is 22.6 Å². The Labute approximate surface area is 121 Å². The molecule has 1 aromatic heterocycles. The zero-order valence-corrected chi connectivity index (χ0v) is 13.0. The van der Waals surface area contributed by atoms with E-state index in [1.807, 2.05) is 13.0 Å². The molecule has 0 spiro atoms. The van der Waals surface area contributed by atoms with Gasteiger partial charge in [-0.15, -0.1) is 0 Å². The molecule has 0 aliphatic heterocycles. The summed E-state index contributed by atoms with van der Waals surface area (Å²) >= 11 is 0. The first-order valence-electron chi connectivity index (χ1n) is 7.44. The number of carboxylic acids is 1. The molecule has 0 aliphatic rings. The summed E-state index contributed by atoms with van der Waals surface area (Å²) in [6, 6.07) is 1.82. The molecule has 112 valence electrons. The van der Waals surface area contributed by atoms with Gasteiger partial charge in [0.05, 0.1) is 11.4 Å². The highest BCUT2D eigenvalue weighted by atomic mass is 16.4. The number of aromatic carboxylic acids is 1. The van der Waals surface area contributed by atoms with Crippen molar-refractivity contribution in [3.8, 4) is 0 Å². The Morgan fingerprint density at radius 2 is 2.10 bits per heavy atom. The van der Waals surface area contributed by atoms with Gasteiger partial charge in [-0.25, -0.2) is 4.79 Å². The largest absolute Gasteiger partial charge is 0.478 e. The molecule has 1 heterocycles. The number of carbonyl (C=O) groups is 1. The van der Waals surface area contributed by atoms with Gasteiger partial charge in [0.1, 0.15) is 5.56 Å². The lowest BCUT2D eigenvalue weighted by molar-refractivity contribution is 0.0696. The molecule has 0 fully saturated rings. The molecule has 0 aromatic carbocycles. The lowest BCUT2D eigenvalue weighted by Crippen LogP contribution is -2.17. The Hall–Kier alpha value is -1.58. The number of nitrogens with zero attached hydrogens (tertiary/aromatic N) is 1. The van der Waals surface area contributed by atoms with E-state index in [4.69, 9.17) is 0 Å². The maximum atomic E-state index is 11.4. The van der Waals surface area contributed by atoms with Gasteiger partial charge in [-0.2, -0.15) is 0 Å². The minimum atomic E-state index is -0.917. The summed E-state index contributed by atoms with van der Waals surface area (Å²) < 4.78 is 0. The molecule has 0 amide bonds. The van der Waals surface area contributed by atoms with Gasteiger partial charge in [-0.1, -0.05) is 33.1 Å². The molecular weight excluding hydrogens is 252 g/mol. The molecular formula is C16H26N2O2. The van der Waals surface area contributed by atoms with E-state index in [2.05, 4.69) is 24.1 Å². The van der Waals surface area contributed by atoms with Crippen LogP contribution in [0.5, 0.6) is 0 Å². The Bertz CT molecular complexity index is 458. The molecule has 1 atom stereocenters. The van der Waals surface area contributed by atoms with Gasteiger partial charge in [-0.05, 0) is 32.3 Å². The molecule has 1 unspecified atom stereocenters. The minimum Gasteiger partial charge on any atom is -0.478 e. The first-order chi connectivity index (χ1) is 9.49. The molecule has 4 heteroatoms. The molecule has 0 bridgehead atoms. The maximum absolute atomic E-state index is 11.4. The highest BCUT2D eigenvalue weighted by molar-refractivity contribution is 5.95. The normalized spacial score (nSPS) is 12.2. The minimum absolute atomic E-state index is 0.293. The third-order valence-corrected chi connectivity index (χ3v) is 3.67. The molecule has 2 N–H and O–H groups in total. The van der Waals surface area contributed by atoms with Gasteiger partial charge < -0.3 is 10.4 Å². The quantitative estimate of drug-likeness (QED) is 0.753. The van der Waals surface area contributed by atoms with Crippen molar-refractivity contribution in [2.45, 2.75) is 53.4 Å². The van der Waals surface area contributed by atoms with Crippen LogP contribution in [0.2, 0.25) is 0 Å². The number of unbranched alkanes of at least 4 members (excludes halogenated alkanes) is 1. The number of rotatable bonds is 8. The van der Waals surface area contributed by atoms with E-state index >= 15 is 0 Å². The fraction of sp³-hybridized carbons (Fsp3) is 0.625. The second kappa shape index (κ2) is 7.88. The Morgan fingerprint density at radius 1 is 1.40 bits per heavy atom. The van der Waals surface area contributed by atoms with Gasteiger partial charge in [0, 0.05) is 12.2 Å². The van der Waals surface area contributed by atoms with Crippen molar-refractivity contribution in [3.63, 3.8) is 0 Å². The molecule has 1 aromatic rings. The first kappa shape index (κ1) is 16.5. The number of hydrogen-bond acceptors (Lipinski definition) is 3. The Balaban J connectivity index is 2.83. The number of aryl methyl sites for hydroxylation is 2. The lowest BCUT2D eigenvalue weighted by Gasteiger charge is -2.18. The number of aromatic nitrogens is 1. The van der Waals surface area contributed by atoms with Crippen LogP contribution in [0.4, 0.5) is 5.69 Å². The number of nitrogens with one attached hydrogen (secondary N) is 1. The van der Waals surface area contributed by atoms with E-state index in [0.29, 0.717) is 22.9 Å². The SMILES string of the molecule is CCCCC(CC)CNc1cc(C)nc(C)c1C(=O)O. The third-order valence-electron chi connectivity index (χ3n) is 3.67. The van der Waals surface area contributed by atoms with Crippen LogP contribution in [-0.2, 0) is 0 Å². The highest BCUT2D eigenvalue weighted by Crippen LogP contribution is 2.21. The van der Waals surface area contributed by atoms with E-state index in [9.17, 15) is 9.90 Å². The van der Waals surface area contributed by atoms with E-state index in [0.717, 1.165) is 18.7 Å². The smallest absolute Gasteiger partial charge is 0.339 e. The van der Waals surface area contributed by atoms with Crippen LogP contribution >= 0.6 is 0 Å². The average Bonchev–Trinajstić information content (AvgIpc) is 2.37. The zero-order chi connectivity index (χ0) is 15.1. The third kappa shape index (κ3) is 4.51.